The van der Waals surface area contributed by atoms with Crippen LogP contribution in [-0.2, 0) is 0 Å². The van der Waals surface area contributed by atoms with Crippen molar-refractivity contribution in [3.63, 3.8) is 0 Å². The second-order valence-electron chi connectivity index (χ2n) is 6.34. The van der Waals surface area contributed by atoms with E-state index in [-0.39, 0.29) is 5.82 Å². The van der Waals surface area contributed by atoms with Crippen molar-refractivity contribution in [2.24, 2.45) is 4.99 Å². The zero-order valence-electron chi connectivity index (χ0n) is 13.4. The fourth-order valence-corrected chi connectivity index (χ4v) is 3.71. The van der Waals surface area contributed by atoms with Crippen molar-refractivity contribution in [1.29, 1.82) is 0 Å². The summed E-state index contributed by atoms with van der Waals surface area (Å²) in [7, 11) is 0. The molecular formula is C17H25FN4O. The van der Waals surface area contributed by atoms with Crippen molar-refractivity contribution in [1.82, 2.24) is 10.4 Å². The van der Waals surface area contributed by atoms with E-state index in [1.807, 2.05) is 5.48 Å². The number of hydrogen-bond donors (Lipinski definition) is 2. The van der Waals surface area contributed by atoms with E-state index in [1.165, 1.54) is 38.2 Å². The molecule has 0 spiro atoms. The minimum Gasteiger partial charge on any atom is -0.367 e. The second kappa shape index (κ2) is 7.75. The first-order valence-corrected chi connectivity index (χ1v) is 8.48. The average Bonchev–Trinajstić information content (AvgIpc) is 2.61. The number of aliphatic imine (C=N–C) groups is 1. The number of hydroxylamine groups is 1. The van der Waals surface area contributed by atoms with Gasteiger partial charge in [0.15, 0.2) is 0 Å². The van der Waals surface area contributed by atoms with Crippen molar-refractivity contribution in [2.75, 3.05) is 31.1 Å². The molecule has 2 N–H and O–H groups in total. The van der Waals surface area contributed by atoms with E-state index in [4.69, 9.17) is 5.21 Å². The molecule has 0 aromatic heterocycles. The standard InChI is InChI=1S/C17H25FN4O/c18-16-12-14(19-13-20-23)6-7-17(16)22-10-8-21(9-11-22)15-4-2-1-3-5-15/h6-7,12-13,15,23H,1-5,8-11H2,(H,19,20). The van der Waals surface area contributed by atoms with Gasteiger partial charge in [0.05, 0.1) is 11.4 Å². The van der Waals surface area contributed by atoms with Crippen LogP contribution in [0.2, 0.25) is 0 Å². The molecule has 1 aromatic rings. The lowest BCUT2D eigenvalue weighted by atomic mass is 9.94. The maximum absolute atomic E-state index is 14.3. The number of benzene rings is 1. The number of anilines is 1. The summed E-state index contributed by atoms with van der Waals surface area (Å²) >= 11 is 0. The molecule has 0 atom stereocenters. The zero-order valence-corrected chi connectivity index (χ0v) is 13.4. The van der Waals surface area contributed by atoms with Crippen LogP contribution in [-0.4, -0.2) is 48.7 Å². The molecule has 0 bridgehead atoms. The fourth-order valence-electron chi connectivity index (χ4n) is 3.71. The number of nitrogens with one attached hydrogen (secondary N) is 1. The van der Waals surface area contributed by atoms with Crippen LogP contribution in [0.4, 0.5) is 15.8 Å². The number of nitrogens with zero attached hydrogens (tertiary/aromatic N) is 3. The molecule has 0 radical (unpaired) electrons. The first-order chi connectivity index (χ1) is 11.3. The first kappa shape index (κ1) is 16.2. The number of halogens is 1. The molecule has 3 rings (SSSR count). The third-order valence-electron chi connectivity index (χ3n) is 4.95. The summed E-state index contributed by atoms with van der Waals surface area (Å²) in [6.45, 7) is 3.76. The molecule has 0 amide bonds. The minimum atomic E-state index is -0.260. The van der Waals surface area contributed by atoms with Crippen molar-refractivity contribution in [3.05, 3.63) is 24.0 Å². The lowest BCUT2D eigenvalue weighted by Crippen LogP contribution is -2.51. The summed E-state index contributed by atoms with van der Waals surface area (Å²) in [6, 6.07) is 5.67. The largest absolute Gasteiger partial charge is 0.367 e. The molecular weight excluding hydrogens is 295 g/mol. The van der Waals surface area contributed by atoms with Gasteiger partial charge in [0, 0.05) is 38.3 Å². The number of piperazine rings is 1. The van der Waals surface area contributed by atoms with Gasteiger partial charge in [-0.05, 0) is 25.0 Å². The molecule has 2 fully saturated rings. The van der Waals surface area contributed by atoms with E-state index in [0.717, 1.165) is 38.6 Å². The Balaban J connectivity index is 1.59. The van der Waals surface area contributed by atoms with Crippen LogP contribution >= 0.6 is 0 Å². The van der Waals surface area contributed by atoms with Gasteiger partial charge in [-0.1, -0.05) is 19.3 Å². The van der Waals surface area contributed by atoms with E-state index >= 15 is 0 Å². The van der Waals surface area contributed by atoms with Crippen molar-refractivity contribution in [3.8, 4) is 0 Å². The highest BCUT2D eigenvalue weighted by atomic mass is 19.1. The summed E-state index contributed by atoms with van der Waals surface area (Å²) in [5, 5.41) is 8.48. The molecule has 126 valence electrons. The topological polar surface area (TPSA) is 51.1 Å². The van der Waals surface area contributed by atoms with E-state index in [1.54, 1.807) is 12.1 Å². The van der Waals surface area contributed by atoms with Gasteiger partial charge >= 0.3 is 0 Å². The summed E-state index contributed by atoms with van der Waals surface area (Å²) < 4.78 is 14.3. The predicted molar refractivity (Wildman–Crippen MR) is 90.1 cm³/mol. The smallest absolute Gasteiger partial charge is 0.148 e. The van der Waals surface area contributed by atoms with E-state index in [2.05, 4.69) is 14.8 Å². The molecule has 2 aliphatic rings. The van der Waals surface area contributed by atoms with E-state index < -0.39 is 0 Å². The average molecular weight is 320 g/mol. The van der Waals surface area contributed by atoms with E-state index in [9.17, 15) is 4.39 Å². The van der Waals surface area contributed by atoms with Gasteiger partial charge in [0.1, 0.15) is 12.2 Å². The Labute approximate surface area is 136 Å². The molecule has 23 heavy (non-hydrogen) atoms. The van der Waals surface area contributed by atoms with Crippen LogP contribution < -0.4 is 10.4 Å². The molecule has 1 aromatic carbocycles. The Hall–Kier alpha value is -1.66. The lowest BCUT2D eigenvalue weighted by Gasteiger charge is -2.41. The predicted octanol–water partition coefficient (Wildman–Crippen LogP) is 2.92. The van der Waals surface area contributed by atoms with Gasteiger partial charge < -0.3 is 4.90 Å². The maximum atomic E-state index is 14.3. The van der Waals surface area contributed by atoms with Gasteiger partial charge in [0.25, 0.3) is 0 Å². The first-order valence-electron chi connectivity index (χ1n) is 8.48. The highest BCUT2D eigenvalue weighted by molar-refractivity contribution is 5.62. The third-order valence-corrected chi connectivity index (χ3v) is 4.95. The highest BCUT2D eigenvalue weighted by Gasteiger charge is 2.26. The Morgan fingerprint density at radius 3 is 2.52 bits per heavy atom. The van der Waals surface area contributed by atoms with Crippen molar-refractivity contribution >= 4 is 17.7 Å². The van der Waals surface area contributed by atoms with Crippen LogP contribution in [0.15, 0.2) is 23.2 Å². The van der Waals surface area contributed by atoms with Crippen LogP contribution in [0.5, 0.6) is 0 Å². The lowest BCUT2D eigenvalue weighted by molar-refractivity contribution is 0.147. The second-order valence-corrected chi connectivity index (χ2v) is 6.34. The van der Waals surface area contributed by atoms with Crippen molar-refractivity contribution in [2.45, 2.75) is 38.1 Å². The van der Waals surface area contributed by atoms with Crippen LogP contribution in [0.25, 0.3) is 0 Å². The van der Waals surface area contributed by atoms with Crippen molar-refractivity contribution < 1.29 is 9.60 Å². The van der Waals surface area contributed by atoms with Crippen LogP contribution in [0.3, 0.4) is 0 Å². The molecule has 1 heterocycles. The zero-order chi connectivity index (χ0) is 16.1. The molecule has 0 unspecified atom stereocenters. The maximum Gasteiger partial charge on any atom is 0.148 e. The summed E-state index contributed by atoms with van der Waals surface area (Å²) in [6.07, 6.45) is 7.84. The molecule has 1 aliphatic carbocycles. The summed E-state index contributed by atoms with van der Waals surface area (Å²) in [4.78, 5) is 8.59. The van der Waals surface area contributed by atoms with Gasteiger partial charge in [-0.25, -0.2) is 9.38 Å². The molecule has 1 saturated carbocycles. The summed E-state index contributed by atoms with van der Waals surface area (Å²) in [5.74, 6) is -0.260. The molecule has 5 nitrogen and oxygen atoms in total. The van der Waals surface area contributed by atoms with Gasteiger partial charge in [0.2, 0.25) is 0 Å². The summed E-state index contributed by atoms with van der Waals surface area (Å²) in [5.41, 5.74) is 2.94. The Kier molecular flexibility index (Phi) is 5.46. The van der Waals surface area contributed by atoms with Gasteiger partial charge in [-0.15, -0.1) is 0 Å². The van der Waals surface area contributed by atoms with E-state index in [0.29, 0.717) is 11.4 Å². The van der Waals surface area contributed by atoms with Gasteiger partial charge in [-0.3, -0.25) is 15.6 Å². The van der Waals surface area contributed by atoms with Crippen LogP contribution in [0.1, 0.15) is 32.1 Å². The molecule has 6 heteroatoms. The number of hydrogen-bond acceptors (Lipinski definition) is 4. The molecule has 1 aliphatic heterocycles. The fraction of sp³-hybridized carbons (Fsp3) is 0.588. The Morgan fingerprint density at radius 2 is 1.87 bits per heavy atom. The quantitative estimate of drug-likeness (QED) is 0.509. The monoisotopic (exact) mass is 320 g/mol. The highest BCUT2D eigenvalue weighted by Crippen LogP contribution is 2.27. The third kappa shape index (κ3) is 4.00. The van der Waals surface area contributed by atoms with Crippen LogP contribution in [0, 0.1) is 5.82 Å². The Bertz CT molecular complexity index is 537. The SMILES string of the molecule is ONC=Nc1ccc(N2CCN(C3CCCCC3)CC2)c(F)c1. The normalized spacial score (nSPS) is 21.0. The minimum absolute atomic E-state index is 0.260. The van der Waals surface area contributed by atoms with Gasteiger partial charge in [-0.2, -0.15) is 0 Å². The Morgan fingerprint density at radius 1 is 1.13 bits per heavy atom. The number of rotatable bonds is 4. The molecule has 1 saturated heterocycles.